The molecular weight excluding hydrogens is 480 g/mol. The lowest BCUT2D eigenvalue weighted by Crippen LogP contribution is -2.33. The fraction of sp³-hybridized carbons (Fsp3) is 0.400. The van der Waals surface area contributed by atoms with Gasteiger partial charge in [-0.25, -0.2) is 15.0 Å². The third-order valence-corrected chi connectivity index (χ3v) is 6.21. The molecule has 5 atom stereocenters. The Labute approximate surface area is 203 Å². The van der Waals surface area contributed by atoms with Gasteiger partial charge in [0.05, 0.1) is 18.0 Å². The molecule has 0 aromatic carbocycles. The molecular formula is C20H26N8O6S. The predicted octanol–water partition coefficient (Wildman–Crippen LogP) is -1.26. The van der Waals surface area contributed by atoms with Crippen LogP contribution in [-0.2, 0) is 9.53 Å². The number of aliphatic hydroxyl groups excluding tert-OH is 2. The van der Waals surface area contributed by atoms with Gasteiger partial charge in [0.1, 0.15) is 30.1 Å². The van der Waals surface area contributed by atoms with E-state index >= 15 is 0 Å². The summed E-state index contributed by atoms with van der Waals surface area (Å²) in [5.41, 5.74) is 17.4. The van der Waals surface area contributed by atoms with Crippen LogP contribution in [0.2, 0.25) is 0 Å². The maximum atomic E-state index is 10.7. The number of aromatic nitrogens is 5. The Kier molecular flexibility index (Phi) is 8.89. The van der Waals surface area contributed by atoms with Crippen molar-refractivity contribution in [1.29, 1.82) is 0 Å². The third-order valence-electron chi connectivity index (χ3n) is 5.12. The molecule has 0 saturated carbocycles. The number of fused-ring (bicyclic) bond motifs is 1. The zero-order valence-electron chi connectivity index (χ0n) is 18.4. The van der Waals surface area contributed by atoms with E-state index < -0.39 is 42.5 Å². The van der Waals surface area contributed by atoms with Gasteiger partial charge in [-0.15, -0.1) is 0 Å². The minimum Gasteiger partial charge on any atom is -0.480 e. The molecule has 0 radical (unpaired) electrons. The summed E-state index contributed by atoms with van der Waals surface area (Å²) in [6.07, 6.45) is 2.28. The van der Waals surface area contributed by atoms with Crippen LogP contribution in [0.4, 0.5) is 5.82 Å². The van der Waals surface area contributed by atoms with Crippen LogP contribution >= 0.6 is 11.8 Å². The van der Waals surface area contributed by atoms with Gasteiger partial charge in [-0.1, -0.05) is 0 Å². The third kappa shape index (κ3) is 6.40. The number of hydrogen-bond acceptors (Lipinski definition) is 12. The van der Waals surface area contributed by atoms with Crippen molar-refractivity contribution in [3.63, 3.8) is 0 Å². The Morgan fingerprint density at radius 3 is 2.63 bits per heavy atom. The predicted molar refractivity (Wildman–Crippen MR) is 126 cm³/mol. The highest BCUT2D eigenvalue weighted by Crippen LogP contribution is 2.33. The maximum absolute atomic E-state index is 10.7. The first-order valence-corrected chi connectivity index (χ1v) is 11.6. The van der Waals surface area contributed by atoms with E-state index in [1.54, 1.807) is 18.3 Å². The number of amides is 1. The highest BCUT2D eigenvalue weighted by Gasteiger charge is 2.44. The second kappa shape index (κ2) is 11.9. The second-order valence-corrected chi connectivity index (χ2v) is 8.69. The first kappa shape index (κ1) is 26.2. The van der Waals surface area contributed by atoms with Crippen LogP contribution in [0.5, 0.6) is 0 Å². The number of primary amides is 1. The summed E-state index contributed by atoms with van der Waals surface area (Å²) >= 11 is 1.40. The quantitative estimate of drug-likeness (QED) is 0.196. The standard InChI is InChI=1S/C14H20N6O5S.C6H6N2O/c15-6(14(23)24)1-2-26-3-7-9(21)10(22)13(25-7)20-5-19-8-11(16)17-4-18-12(8)20;7-6(9)5-2-1-3-8-4-5/h4-7,9-10,13,21-22H,1-3,15H2,(H,23,24)(H2,16,17,18);1-4H,(H2,7,9)/t6-,7+,9+,10+,13+;/m0./s1. The highest BCUT2D eigenvalue weighted by atomic mass is 32.2. The van der Waals surface area contributed by atoms with E-state index in [1.165, 1.54) is 35.2 Å². The molecule has 14 nitrogen and oxygen atoms in total. The maximum Gasteiger partial charge on any atom is 0.320 e. The number of thioether (sulfide) groups is 1. The zero-order chi connectivity index (χ0) is 25.5. The summed E-state index contributed by atoms with van der Waals surface area (Å²) in [4.78, 5) is 36.9. The number of carboxylic acids is 1. The van der Waals surface area contributed by atoms with Gasteiger partial charge < -0.3 is 37.3 Å². The summed E-state index contributed by atoms with van der Waals surface area (Å²) < 4.78 is 7.29. The van der Waals surface area contributed by atoms with Crippen molar-refractivity contribution < 1.29 is 29.6 Å². The van der Waals surface area contributed by atoms with Gasteiger partial charge in [-0.2, -0.15) is 11.8 Å². The Morgan fingerprint density at radius 1 is 1.23 bits per heavy atom. The van der Waals surface area contributed by atoms with E-state index in [9.17, 15) is 19.8 Å². The van der Waals surface area contributed by atoms with Crippen LogP contribution in [0.3, 0.4) is 0 Å². The Balaban J connectivity index is 0.000000320. The number of anilines is 1. The molecule has 35 heavy (non-hydrogen) atoms. The average molecular weight is 507 g/mol. The van der Waals surface area contributed by atoms with Crippen LogP contribution in [0, 0.1) is 0 Å². The molecule has 9 N–H and O–H groups in total. The van der Waals surface area contributed by atoms with E-state index in [-0.39, 0.29) is 5.82 Å². The molecule has 0 unspecified atom stereocenters. The molecule has 1 aliphatic rings. The lowest BCUT2D eigenvalue weighted by Gasteiger charge is -2.16. The topological polar surface area (TPSA) is 239 Å². The number of imidazole rings is 1. The fourth-order valence-electron chi connectivity index (χ4n) is 3.19. The van der Waals surface area contributed by atoms with Gasteiger partial charge in [0.2, 0.25) is 5.91 Å². The molecule has 15 heteroatoms. The summed E-state index contributed by atoms with van der Waals surface area (Å²) in [6, 6.07) is 2.37. The minimum absolute atomic E-state index is 0.212. The molecule has 3 aromatic rings. The van der Waals surface area contributed by atoms with Crippen molar-refractivity contribution >= 4 is 40.6 Å². The molecule has 1 aliphatic heterocycles. The van der Waals surface area contributed by atoms with Crippen LogP contribution in [0.25, 0.3) is 11.2 Å². The van der Waals surface area contributed by atoms with Gasteiger partial charge in [-0.05, 0) is 24.3 Å². The van der Waals surface area contributed by atoms with Crippen molar-refractivity contribution in [2.45, 2.75) is 37.0 Å². The van der Waals surface area contributed by atoms with Crippen molar-refractivity contribution in [3.8, 4) is 0 Å². The molecule has 0 spiro atoms. The summed E-state index contributed by atoms with van der Waals surface area (Å²) in [7, 11) is 0. The SMILES string of the molecule is NC(=O)c1cccnc1.Nc1ncnc2c1ncn2[C@@H]1O[C@H](CSCC[C@H](N)C(=O)O)[C@@H](O)[C@H]1O. The molecule has 4 heterocycles. The Hall–Kier alpha value is -3.37. The monoisotopic (exact) mass is 506 g/mol. The normalized spacial score (nSPS) is 22.4. The number of hydrogen-bond donors (Lipinski definition) is 6. The number of nitrogens with zero attached hydrogens (tertiary/aromatic N) is 5. The van der Waals surface area contributed by atoms with E-state index in [1.807, 2.05) is 0 Å². The van der Waals surface area contributed by atoms with Gasteiger partial charge in [0.15, 0.2) is 17.7 Å². The van der Waals surface area contributed by atoms with Gasteiger partial charge in [-0.3, -0.25) is 19.1 Å². The van der Waals surface area contributed by atoms with E-state index in [0.717, 1.165) is 0 Å². The molecule has 188 valence electrons. The number of pyridine rings is 1. The number of carbonyl (C=O) groups excluding carboxylic acids is 1. The number of aliphatic hydroxyl groups is 2. The smallest absolute Gasteiger partial charge is 0.320 e. The van der Waals surface area contributed by atoms with Gasteiger partial charge in [0, 0.05) is 18.1 Å². The number of nitrogens with two attached hydrogens (primary N) is 3. The number of aliphatic carboxylic acids is 1. The van der Waals surface area contributed by atoms with Gasteiger partial charge >= 0.3 is 5.97 Å². The molecule has 1 fully saturated rings. The Bertz CT molecular complexity index is 1150. The van der Waals surface area contributed by atoms with Crippen molar-refractivity contribution in [3.05, 3.63) is 42.7 Å². The van der Waals surface area contributed by atoms with Crippen LogP contribution in [-0.4, -0.2) is 87.6 Å². The average Bonchev–Trinajstić information content (AvgIpc) is 3.39. The Morgan fingerprint density at radius 2 is 2.00 bits per heavy atom. The molecule has 1 amide bonds. The molecule has 0 bridgehead atoms. The van der Waals surface area contributed by atoms with E-state index in [4.69, 9.17) is 27.0 Å². The summed E-state index contributed by atoms with van der Waals surface area (Å²) in [5, 5.41) is 29.3. The van der Waals surface area contributed by atoms with Crippen LogP contribution in [0.1, 0.15) is 23.0 Å². The number of carbonyl (C=O) groups is 2. The first-order chi connectivity index (χ1) is 16.7. The highest BCUT2D eigenvalue weighted by molar-refractivity contribution is 7.99. The van der Waals surface area contributed by atoms with Gasteiger partial charge in [0.25, 0.3) is 0 Å². The number of ether oxygens (including phenoxy) is 1. The fourth-order valence-corrected chi connectivity index (χ4v) is 4.29. The first-order valence-electron chi connectivity index (χ1n) is 10.4. The van der Waals surface area contributed by atoms with Crippen LogP contribution < -0.4 is 17.2 Å². The second-order valence-electron chi connectivity index (χ2n) is 7.54. The number of carboxylic acid groups (broad SMARTS) is 1. The largest absolute Gasteiger partial charge is 0.480 e. The number of rotatable bonds is 8. The van der Waals surface area contributed by atoms with Crippen molar-refractivity contribution in [2.24, 2.45) is 11.5 Å². The van der Waals surface area contributed by atoms with Crippen molar-refractivity contribution in [2.75, 3.05) is 17.2 Å². The van der Waals surface area contributed by atoms with Crippen molar-refractivity contribution in [1.82, 2.24) is 24.5 Å². The van der Waals surface area contributed by atoms with E-state index in [2.05, 4.69) is 19.9 Å². The lowest BCUT2D eigenvalue weighted by molar-refractivity contribution is -0.138. The molecule has 0 aliphatic carbocycles. The minimum atomic E-state index is -1.17. The molecule has 4 rings (SSSR count). The molecule has 3 aromatic heterocycles. The van der Waals surface area contributed by atoms with Crippen LogP contribution in [0.15, 0.2) is 37.2 Å². The number of nitrogen functional groups attached to an aromatic ring is 1. The lowest BCUT2D eigenvalue weighted by atomic mass is 10.1. The van der Waals surface area contributed by atoms with E-state index in [0.29, 0.717) is 34.7 Å². The molecule has 1 saturated heterocycles. The summed E-state index contributed by atoms with van der Waals surface area (Å²) in [5.74, 6) is -0.401. The summed E-state index contributed by atoms with van der Waals surface area (Å²) in [6.45, 7) is 0. The zero-order valence-corrected chi connectivity index (χ0v) is 19.2.